The number of hydrogen-bond acceptors (Lipinski definition) is 3. The topological polar surface area (TPSA) is 67.2 Å². The first kappa shape index (κ1) is 18.3. The molecule has 0 aliphatic heterocycles. The van der Waals surface area contributed by atoms with Crippen LogP contribution in [0.4, 0.5) is 0 Å². The van der Waals surface area contributed by atoms with Gasteiger partial charge in [0.1, 0.15) is 17.1 Å². The van der Waals surface area contributed by atoms with E-state index in [2.05, 4.69) is 4.98 Å². The van der Waals surface area contributed by atoms with Crippen LogP contribution >= 0.6 is 0 Å². The molecule has 0 bridgehead atoms. The Hall–Kier alpha value is -3.73. The normalized spacial score (nSPS) is 14.2. The Morgan fingerprint density at radius 2 is 1.53 bits per heavy atom. The first-order valence-corrected chi connectivity index (χ1v) is 10.1. The van der Waals surface area contributed by atoms with Crippen LogP contribution in [0.1, 0.15) is 30.5 Å². The molecule has 0 spiro atoms. The van der Waals surface area contributed by atoms with Gasteiger partial charge in [0.05, 0.1) is 11.1 Å². The van der Waals surface area contributed by atoms with Crippen LogP contribution in [-0.2, 0) is 4.79 Å². The minimum Gasteiger partial charge on any atom is -0.343 e. The van der Waals surface area contributed by atoms with Crippen LogP contribution in [-0.4, -0.2) is 20.4 Å². The zero-order chi connectivity index (χ0) is 20.7. The van der Waals surface area contributed by atoms with Crippen LogP contribution in [0.15, 0.2) is 71.5 Å². The van der Waals surface area contributed by atoms with Crippen LogP contribution in [0.25, 0.3) is 33.6 Å². The lowest BCUT2D eigenvalue weighted by atomic mass is 9.93. The van der Waals surface area contributed by atoms with E-state index in [0.29, 0.717) is 30.5 Å². The summed E-state index contributed by atoms with van der Waals surface area (Å²) in [4.78, 5) is 28.6. The molecule has 0 fully saturated rings. The third kappa shape index (κ3) is 2.99. The van der Waals surface area contributed by atoms with E-state index in [0.717, 1.165) is 33.7 Å². The second kappa shape index (κ2) is 7.26. The van der Waals surface area contributed by atoms with Gasteiger partial charge in [-0.2, -0.15) is 9.61 Å². The number of nitrogens with zero attached hydrogens (tertiary/aromatic N) is 2. The smallest absolute Gasteiger partial charge is 0.282 e. The minimum atomic E-state index is -0.152. The van der Waals surface area contributed by atoms with E-state index in [1.807, 2.05) is 73.7 Å². The van der Waals surface area contributed by atoms with Gasteiger partial charge in [-0.1, -0.05) is 66.7 Å². The van der Waals surface area contributed by atoms with Gasteiger partial charge in [0.15, 0.2) is 0 Å². The molecule has 1 aliphatic rings. The first-order chi connectivity index (χ1) is 14.6. The fraction of sp³-hybridized carbons (Fsp3) is 0.160. The van der Waals surface area contributed by atoms with Gasteiger partial charge < -0.3 is 4.98 Å². The molecular formula is C25H21N3O2. The van der Waals surface area contributed by atoms with E-state index in [9.17, 15) is 9.59 Å². The summed E-state index contributed by atoms with van der Waals surface area (Å²) in [5.74, 6) is 0.214. The van der Waals surface area contributed by atoms with E-state index in [-0.39, 0.29) is 11.3 Å². The Bertz CT molecular complexity index is 1350. The SMILES string of the molecule is Cc1[nH]c2c(-c3ccccc3)c(-c3ccccc3)nn2c(=O)c1C1=CCC(=O)CC1. The van der Waals surface area contributed by atoms with Gasteiger partial charge in [0.25, 0.3) is 5.56 Å². The average molecular weight is 395 g/mol. The molecule has 5 heteroatoms. The van der Waals surface area contributed by atoms with Crippen molar-refractivity contribution in [2.75, 3.05) is 0 Å². The Morgan fingerprint density at radius 1 is 0.867 bits per heavy atom. The van der Waals surface area contributed by atoms with Gasteiger partial charge in [0.2, 0.25) is 0 Å². The van der Waals surface area contributed by atoms with E-state index in [1.165, 1.54) is 4.52 Å². The highest BCUT2D eigenvalue weighted by Crippen LogP contribution is 2.34. The summed E-state index contributed by atoms with van der Waals surface area (Å²) in [6.45, 7) is 1.91. The number of rotatable bonds is 3. The van der Waals surface area contributed by atoms with E-state index in [4.69, 9.17) is 5.10 Å². The quantitative estimate of drug-likeness (QED) is 0.542. The number of aryl methyl sites for hydroxylation is 1. The molecule has 0 saturated carbocycles. The minimum absolute atomic E-state index is 0.152. The number of benzene rings is 2. The number of carbonyl (C=O) groups is 1. The van der Waals surface area contributed by atoms with Crippen molar-refractivity contribution in [2.24, 2.45) is 0 Å². The molecule has 1 aliphatic carbocycles. The van der Waals surface area contributed by atoms with Gasteiger partial charge in [-0.15, -0.1) is 0 Å². The predicted molar refractivity (Wildman–Crippen MR) is 118 cm³/mol. The maximum Gasteiger partial charge on any atom is 0.282 e. The molecule has 2 aromatic heterocycles. The highest BCUT2D eigenvalue weighted by atomic mass is 16.1. The predicted octanol–water partition coefficient (Wildman–Crippen LogP) is 4.80. The third-order valence-corrected chi connectivity index (χ3v) is 5.65. The number of hydrogen-bond donors (Lipinski definition) is 1. The van der Waals surface area contributed by atoms with Gasteiger partial charge >= 0.3 is 0 Å². The molecular weight excluding hydrogens is 374 g/mol. The Labute approximate surface area is 173 Å². The molecule has 1 N–H and O–H groups in total. The summed E-state index contributed by atoms with van der Waals surface area (Å²) >= 11 is 0. The van der Waals surface area contributed by atoms with Gasteiger partial charge in [-0.25, -0.2) is 0 Å². The maximum absolute atomic E-state index is 13.5. The molecule has 4 aromatic rings. The molecule has 0 radical (unpaired) electrons. The standard InChI is InChI=1S/C25H21N3O2/c1-16-21(18-12-14-20(29)15-13-18)25(30)28-24(26-16)22(17-8-4-2-5-9-17)23(27-28)19-10-6-3-7-11-19/h2-12,26H,13-15H2,1H3. The fourth-order valence-corrected chi connectivity index (χ4v) is 4.18. The molecule has 148 valence electrons. The second-order valence-electron chi connectivity index (χ2n) is 7.62. The van der Waals surface area contributed by atoms with Gasteiger partial charge in [-0.3, -0.25) is 9.59 Å². The van der Waals surface area contributed by atoms with Gasteiger partial charge in [0, 0.05) is 24.1 Å². The van der Waals surface area contributed by atoms with Crippen molar-refractivity contribution < 1.29 is 4.79 Å². The summed E-state index contributed by atoms with van der Waals surface area (Å²) in [6.07, 6.45) is 3.34. The molecule has 2 aromatic carbocycles. The lowest BCUT2D eigenvalue weighted by Crippen LogP contribution is -2.22. The Kier molecular flexibility index (Phi) is 4.43. The number of aromatic nitrogens is 3. The van der Waals surface area contributed by atoms with E-state index >= 15 is 0 Å². The molecule has 0 atom stereocenters. The van der Waals surface area contributed by atoms with Crippen LogP contribution in [0.5, 0.6) is 0 Å². The summed E-state index contributed by atoms with van der Waals surface area (Å²) in [5, 5.41) is 4.75. The third-order valence-electron chi connectivity index (χ3n) is 5.65. The first-order valence-electron chi connectivity index (χ1n) is 10.1. The van der Waals surface area contributed by atoms with Crippen molar-refractivity contribution in [1.82, 2.24) is 14.6 Å². The van der Waals surface area contributed by atoms with Crippen molar-refractivity contribution >= 4 is 17.0 Å². The van der Waals surface area contributed by atoms with Crippen molar-refractivity contribution in [3.8, 4) is 22.4 Å². The largest absolute Gasteiger partial charge is 0.343 e. The Morgan fingerprint density at radius 3 is 2.17 bits per heavy atom. The fourth-order valence-electron chi connectivity index (χ4n) is 4.18. The van der Waals surface area contributed by atoms with Crippen LogP contribution in [0.3, 0.4) is 0 Å². The molecule has 0 amide bonds. The highest BCUT2D eigenvalue weighted by molar-refractivity contribution is 5.91. The lowest BCUT2D eigenvalue weighted by Gasteiger charge is -2.14. The van der Waals surface area contributed by atoms with Gasteiger partial charge in [-0.05, 0) is 24.5 Å². The van der Waals surface area contributed by atoms with Crippen molar-refractivity contribution in [1.29, 1.82) is 0 Å². The van der Waals surface area contributed by atoms with Crippen LogP contribution < -0.4 is 5.56 Å². The maximum atomic E-state index is 13.5. The van der Waals surface area contributed by atoms with Crippen LogP contribution in [0.2, 0.25) is 0 Å². The highest BCUT2D eigenvalue weighted by Gasteiger charge is 2.23. The van der Waals surface area contributed by atoms with Crippen molar-refractivity contribution in [3.05, 3.63) is 88.4 Å². The molecule has 5 nitrogen and oxygen atoms in total. The lowest BCUT2D eigenvalue weighted by molar-refractivity contribution is -0.118. The van der Waals surface area contributed by atoms with Crippen LogP contribution in [0, 0.1) is 6.92 Å². The summed E-state index contributed by atoms with van der Waals surface area (Å²) in [7, 11) is 0. The number of fused-ring (bicyclic) bond motifs is 1. The zero-order valence-electron chi connectivity index (χ0n) is 16.7. The summed E-state index contributed by atoms with van der Waals surface area (Å²) in [5.41, 5.74) is 6.49. The number of carbonyl (C=O) groups excluding carboxylic acids is 1. The molecule has 2 heterocycles. The number of Topliss-reactive ketones (excluding diaryl/α,β-unsaturated/α-hetero) is 1. The summed E-state index contributed by atoms with van der Waals surface area (Å²) < 4.78 is 1.48. The molecule has 0 unspecified atom stereocenters. The number of allylic oxidation sites excluding steroid dienone is 2. The number of ketones is 1. The van der Waals surface area contributed by atoms with Crippen molar-refractivity contribution in [3.63, 3.8) is 0 Å². The number of aromatic amines is 1. The molecule has 0 saturated heterocycles. The van der Waals surface area contributed by atoms with E-state index < -0.39 is 0 Å². The molecule has 30 heavy (non-hydrogen) atoms. The monoisotopic (exact) mass is 395 g/mol. The van der Waals surface area contributed by atoms with E-state index in [1.54, 1.807) is 0 Å². The number of nitrogens with one attached hydrogen (secondary N) is 1. The number of H-pyrrole nitrogens is 1. The zero-order valence-corrected chi connectivity index (χ0v) is 16.7. The Balaban J connectivity index is 1.82. The summed E-state index contributed by atoms with van der Waals surface area (Å²) in [6, 6.07) is 19.9. The molecule has 5 rings (SSSR count). The average Bonchev–Trinajstić information content (AvgIpc) is 3.16. The second-order valence-corrected chi connectivity index (χ2v) is 7.62. The van der Waals surface area contributed by atoms with Crippen molar-refractivity contribution in [2.45, 2.75) is 26.2 Å².